The molecule has 2 heterocycles. The first-order valence-corrected chi connectivity index (χ1v) is 11.2. The van der Waals surface area contributed by atoms with Crippen LogP contribution in [0, 0.1) is 6.92 Å². The quantitative estimate of drug-likeness (QED) is 0.611. The van der Waals surface area contributed by atoms with Crippen molar-refractivity contribution in [2.24, 2.45) is 0 Å². The normalized spacial score (nSPS) is 19.3. The number of likely N-dealkylation sites (N-methyl/N-ethyl adjacent to an activating group) is 1. The maximum Gasteiger partial charge on any atom is 0.252 e. The van der Waals surface area contributed by atoms with Crippen LogP contribution in [-0.4, -0.2) is 49.1 Å². The molecule has 1 amide bonds. The summed E-state index contributed by atoms with van der Waals surface area (Å²) in [6, 6.07) is 16.2. The highest BCUT2D eigenvalue weighted by molar-refractivity contribution is 5.97. The van der Waals surface area contributed by atoms with E-state index in [1.807, 2.05) is 49.4 Å². The van der Waals surface area contributed by atoms with E-state index in [0.717, 1.165) is 53.6 Å². The van der Waals surface area contributed by atoms with E-state index in [-0.39, 0.29) is 5.91 Å². The molecule has 1 saturated carbocycles. The van der Waals surface area contributed by atoms with E-state index in [1.165, 1.54) is 0 Å². The molecule has 1 N–H and O–H groups in total. The first kappa shape index (κ1) is 20.8. The standard InChI is InChI=1S/C26H29N3O3/c1-17-8-9-19(32-16-18-10-13-29(18)2)14-21(17)25(30)28-26(11-12-26)22-15-24(31-3)27-23-7-5-4-6-20(22)23/h4-9,14-15,18H,10-13,16H2,1-3H3,(H,28,30)/t18-/m0/s1. The summed E-state index contributed by atoms with van der Waals surface area (Å²) in [5, 5.41) is 4.37. The monoisotopic (exact) mass is 431 g/mol. The zero-order chi connectivity index (χ0) is 22.3. The predicted molar refractivity (Wildman–Crippen MR) is 124 cm³/mol. The number of ether oxygens (including phenoxy) is 2. The van der Waals surface area contributed by atoms with Crippen molar-refractivity contribution >= 4 is 16.8 Å². The van der Waals surface area contributed by atoms with Gasteiger partial charge in [0, 0.05) is 23.1 Å². The number of carbonyl (C=O) groups excluding carboxylic acids is 1. The van der Waals surface area contributed by atoms with Gasteiger partial charge in [-0.15, -0.1) is 0 Å². The fourth-order valence-corrected chi connectivity index (χ4v) is 4.43. The van der Waals surface area contributed by atoms with Crippen LogP contribution >= 0.6 is 0 Å². The summed E-state index contributed by atoms with van der Waals surface area (Å²) >= 11 is 0. The average molecular weight is 432 g/mol. The number of fused-ring (bicyclic) bond motifs is 1. The Hall–Kier alpha value is -3.12. The van der Waals surface area contributed by atoms with Gasteiger partial charge in [0.15, 0.2) is 0 Å². The van der Waals surface area contributed by atoms with Gasteiger partial charge in [0.1, 0.15) is 12.4 Å². The summed E-state index contributed by atoms with van der Waals surface area (Å²) in [6.07, 6.45) is 2.93. The lowest BCUT2D eigenvalue weighted by Gasteiger charge is -2.37. The maximum atomic E-state index is 13.4. The van der Waals surface area contributed by atoms with Crippen molar-refractivity contribution in [1.29, 1.82) is 0 Å². The van der Waals surface area contributed by atoms with E-state index >= 15 is 0 Å². The second-order valence-electron chi connectivity index (χ2n) is 8.98. The number of likely N-dealkylation sites (tertiary alicyclic amines) is 1. The van der Waals surface area contributed by atoms with Gasteiger partial charge in [0.05, 0.1) is 18.2 Å². The third kappa shape index (κ3) is 3.79. The van der Waals surface area contributed by atoms with Crippen LogP contribution in [0.3, 0.4) is 0 Å². The Bertz CT molecular complexity index is 1170. The van der Waals surface area contributed by atoms with Crippen molar-refractivity contribution in [3.8, 4) is 11.6 Å². The Morgan fingerprint density at radius 3 is 2.72 bits per heavy atom. The number of pyridine rings is 1. The van der Waals surface area contributed by atoms with Crippen molar-refractivity contribution in [3.63, 3.8) is 0 Å². The summed E-state index contributed by atoms with van der Waals surface area (Å²) in [5.41, 5.74) is 3.12. The van der Waals surface area contributed by atoms with E-state index in [4.69, 9.17) is 9.47 Å². The Morgan fingerprint density at radius 1 is 1.22 bits per heavy atom. The van der Waals surface area contributed by atoms with Crippen LogP contribution in [0.1, 0.15) is 40.7 Å². The molecule has 0 bridgehead atoms. The van der Waals surface area contributed by atoms with Crippen LogP contribution in [0.4, 0.5) is 0 Å². The molecule has 5 rings (SSSR count). The number of hydrogen-bond donors (Lipinski definition) is 1. The lowest BCUT2D eigenvalue weighted by Crippen LogP contribution is -2.48. The Kier molecular flexibility index (Phi) is 5.25. The van der Waals surface area contributed by atoms with E-state index in [1.54, 1.807) is 7.11 Å². The van der Waals surface area contributed by atoms with Crippen molar-refractivity contribution in [1.82, 2.24) is 15.2 Å². The SMILES string of the molecule is COc1cc(C2(NC(=O)c3cc(OC[C@@H]4CCN4C)ccc3C)CC2)c2ccccc2n1. The largest absolute Gasteiger partial charge is 0.492 e. The van der Waals surface area contributed by atoms with Crippen LogP contribution in [0.2, 0.25) is 0 Å². The molecule has 2 aliphatic rings. The molecule has 1 aromatic heterocycles. The van der Waals surface area contributed by atoms with Gasteiger partial charge in [-0.2, -0.15) is 0 Å². The summed E-state index contributed by atoms with van der Waals surface area (Å²) < 4.78 is 11.4. The van der Waals surface area contributed by atoms with E-state index < -0.39 is 5.54 Å². The second kappa shape index (κ2) is 8.10. The highest BCUT2D eigenvalue weighted by Crippen LogP contribution is 2.48. The van der Waals surface area contributed by atoms with E-state index in [0.29, 0.717) is 24.1 Å². The topological polar surface area (TPSA) is 63.7 Å². The van der Waals surface area contributed by atoms with Gasteiger partial charge >= 0.3 is 0 Å². The van der Waals surface area contributed by atoms with Crippen molar-refractivity contribution < 1.29 is 14.3 Å². The van der Waals surface area contributed by atoms with Gasteiger partial charge in [0.25, 0.3) is 5.91 Å². The molecule has 0 radical (unpaired) electrons. The molecule has 0 spiro atoms. The number of rotatable bonds is 7. The Balaban J connectivity index is 1.39. The highest BCUT2D eigenvalue weighted by Gasteiger charge is 2.47. The minimum Gasteiger partial charge on any atom is -0.492 e. The third-order valence-electron chi connectivity index (χ3n) is 6.85. The molecule has 3 aromatic rings. The molecule has 1 atom stereocenters. The molecule has 0 unspecified atom stereocenters. The fourth-order valence-electron chi connectivity index (χ4n) is 4.43. The molecule has 1 saturated heterocycles. The van der Waals surface area contributed by atoms with Gasteiger partial charge in [-0.1, -0.05) is 24.3 Å². The number of para-hydroxylation sites is 1. The first-order chi connectivity index (χ1) is 15.5. The third-order valence-corrected chi connectivity index (χ3v) is 6.85. The summed E-state index contributed by atoms with van der Waals surface area (Å²) in [5.74, 6) is 1.22. The zero-order valence-corrected chi connectivity index (χ0v) is 18.9. The molecule has 2 aromatic carbocycles. The van der Waals surface area contributed by atoms with Gasteiger partial charge in [0.2, 0.25) is 5.88 Å². The number of nitrogens with one attached hydrogen (secondary N) is 1. The maximum absolute atomic E-state index is 13.4. The molecule has 2 fully saturated rings. The lowest BCUT2D eigenvalue weighted by molar-refractivity contribution is 0.0767. The second-order valence-corrected chi connectivity index (χ2v) is 8.98. The summed E-state index contributed by atoms with van der Waals surface area (Å²) in [6.45, 7) is 3.72. The van der Waals surface area contributed by atoms with E-state index in [9.17, 15) is 4.79 Å². The molecular formula is C26H29N3O3. The Morgan fingerprint density at radius 2 is 2.03 bits per heavy atom. The van der Waals surface area contributed by atoms with Crippen molar-refractivity contribution in [2.75, 3.05) is 27.3 Å². The highest BCUT2D eigenvalue weighted by atomic mass is 16.5. The number of benzene rings is 2. The molecule has 32 heavy (non-hydrogen) atoms. The van der Waals surface area contributed by atoms with Crippen molar-refractivity contribution in [2.45, 2.75) is 37.8 Å². The molecule has 1 aliphatic carbocycles. The Labute approximate surface area is 188 Å². The van der Waals surface area contributed by atoms with Crippen LogP contribution in [0.15, 0.2) is 48.5 Å². The van der Waals surface area contributed by atoms with Crippen molar-refractivity contribution in [3.05, 3.63) is 65.2 Å². The average Bonchev–Trinajstić information content (AvgIpc) is 3.58. The first-order valence-electron chi connectivity index (χ1n) is 11.2. The summed E-state index contributed by atoms with van der Waals surface area (Å²) in [4.78, 5) is 20.2. The number of amides is 1. The lowest BCUT2D eigenvalue weighted by atomic mass is 9.98. The number of aryl methyl sites for hydroxylation is 1. The van der Waals surface area contributed by atoms with E-state index in [2.05, 4.69) is 28.3 Å². The van der Waals surface area contributed by atoms with Gasteiger partial charge in [-0.25, -0.2) is 4.98 Å². The fraction of sp³-hybridized carbons (Fsp3) is 0.385. The van der Waals surface area contributed by atoms with Gasteiger partial charge in [-0.05, 0) is 69.1 Å². The number of methoxy groups -OCH3 is 1. The number of aromatic nitrogens is 1. The molecule has 6 nitrogen and oxygen atoms in total. The van der Waals surface area contributed by atoms with Crippen LogP contribution in [-0.2, 0) is 5.54 Å². The number of nitrogens with zero attached hydrogens (tertiary/aromatic N) is 2. The summed E-state index contributed by atoms with van der Waals surface area (Å²) in [7, 11) is 3.73. The van der Waals surface area contributed by atoms with Gasteiger partial charge < -0.3 is 14.8 Å². The minimum absolute atomic E-state index is 0.0777. The van der Waals surface area contributed by atoms with Gasteiger partial charge in [-0.3, -0.25) is 9.69 Å². The minimum atomic E-state index is -0.398. The molecular weight excluding hydrogens is 402 g/mol. The molecule has 1 aliphatic heterocycles. The predicted octanol–water partition coefficient (Wildman–Crippen LogP) is 4.05. The number of carbonyl (C=O) groups is 1. The molecule has 6 heteroatoms. The zero-order valence-electron chi connectivity index (χ0n) is 18.9. The molecule has 166 valence electrons. The van der Waals surface area contributed by atoms with Crippen LogP contribution < -0.4 is 14.8 Å². The van der Waals surface area contributed by atoms with Crippen LogP contribution in [0.25, 0.3) is 10.9 Å². The van der Waals surface area contributed by atoms with Crippen LogP contribution in [0.5, 0.6) is 11.6 Å². The number of hydrogen-bond acceptors (Lipinski definition) is 5. The smallest absolute Gasteiger partial charge is 0.252 e.